The monoisotopic (exact) mass is 260 g/mol. The Hall–Kier alpha value is -1.34. The molecular weight excluding hydrogens is 240 g/mol. The molecule has 7 nitrogen and oxygen atoms in total. The fourth-order valence-electron chi connectivity index (χ4n) is 1.99. The molecule has 7 heteroatoms. The van der Waals surface area contributed by atoms with Crippen molar-refractivity contribution >= 4 is 12.0 Å². The SMILES string of the molecule is CCCC(CC(=O)O)NC(=O)N1CC(O)C(O)C1. The van der Waals surface area contributed by atoms with Crippen molar-refractivity contribution in [3.63, 3.8) is 0 Å². The van der Waals surface area contributed by atoms with Crippen LogP contribution < -0.4 is 5.32 Å². The summed E-state index contributed by atoms with van der Waals surface area (Å²) in [5.74, 6) is -0.963. The third-order valence-electron chi connectivity index (χ3n) is 2.93. The van der Waals surface area contributed by atoms with Crippen molar-refractivity contribution in [3.05, 3.63) is 0 Å². The molecule has 4 N–H and O–H groups in total. The number of nitrogens with zero attached hydrogens (tertiary/aromatic N) is 1. The number of aliphatic carboxylic acids is 1. The molecule has 0 aromatic carbocycles. The summed E-state index contributed by atoms with van der Waals surface area (Å²) in [6.07, 6.45) is -0.640. The van der Waals surface area contributed by atoms with Crippen LogP contribution in [0.4, 0.5) is 4.79 Å². The molecule has 1 fully saturated rings. The van der Waals surface area contributed by atoms with Gasteiger partial charge in [-0.15, -0.1) is 0 Å². The van der Waals surface area contributed by atoms with E-state index in [-0.39, 0.29) is 19.5 Å². The average molecular weight is 260 g/mol. The number of hydrogen-bond donors (Lipinski definition) is 4. The summed E-state index contributed by atoms with van der Waals surface area (Å²) in [5, 5.41) is 30.0. The Balaban J connectivity index is 2.48. The molecule has 0 aromatic heterocycles. The van der Waals surface area contributed by atoms with E-state index in [1.54, 1.807) is 0 Å². The number of hydrogen-bond acceptors (Lipinski definition) is 4. The van der Waals surface area contributed by atoms with Crippen LogP contribution in [0.15, 0.2) is 0 Å². The van der Waals surface area contributed by atoms with Crippen LogP contribution in [0, 0.1) is 0 Å². The van der Waals surface area contributed by atoms with Crippen molar-refractivity contribution in [2.24, 2.45) is 0 Å². The van der Waals surface area contributed by atoms with Crippen LogP contribution >= 0.6 is 0 Å². The van der Waals surface area contributed by atoms with Gasteiger partial charge < -0.3 is 25.5 Å². The number of β-amino-alcohol motifs (C(OH)–C–C–N with tert-alkyl or cyclic N) is 2. The third kappa shape index (κ3) is 4.15. The zero-order valence-corrected chi connectivity index (χ0v) is 10.4. The molecule has 0 aliphatic carbocycles. The summed E-state index contributed by atoms with van der Waals surface area (Å²) in [6.45, 7) is 2.04. The zero-order valence-electron chi connectivity index (χ0n) is 10.4. The Kier molecular flexibility index (Phi) is 5.36. The van der Waals surface area contributed by atoms with Gasteiger partial charge in [0.15, 0.2) is 0 Å². The normalized spacial score (nSPS) is 24.9. The van der Waals surface area contributed by atoms with Gasteiger partial charge in [-0.3, -0.25) is 4.79 Å². The number of aliphatic hydroxyl groups excluding tert-OH is 2. The number of amides is 2. The van der Waals surface area contributed by atoms with E-state index < -0.39 is 30.3 Å². The number of carbonyl (C=O) groups is 2. The van der Waals surface area contributed by atoms with Gasteiger partial charge in [0.2, 0.25) is 0 Å². The third-order valence-corrected chi connectivity index (χ3v) is 2.93. The minimum absolute atomic E-state index is 0.0684. The molecule has 0 radical (unpaired) electrons. The van der Waals surface area contributed by atoms with Crippen LogP contribution in [0.5, 0.6) is 0 Å². The predicted molar refractivity (Wildman–Crippen MR) is 63.1 cm³/mol. The molecule has 1 aliphatic heterocycles. The highest BCUT2D eigenvalue weighted by molar-refractivity contribution is 5.76. The van der Waals surface area contributed by atoms with Crippen molar-refractivity contribution in [2.75, 3.05) is 13.1 Å². The van der Waals surface area contributed by atoms with Crippen LogP contribution in [0.3, 0.4) is 0 Å². The lowest BCUT2D eigenvalue weighted by molar-refractivity contribution is -0.137. The summed E-state index contributed by atoms with van der Waals surface area (Å²) < 4.78 is 0. The fourth-order valence-corrected chi connectivity index (χ4v) is 1.99. The van der Waals surface area contributed by atoms with Gasteiger partial charge in [-0.05, 0) is 6.42 Å². The van der Waals surface area contributed by atoms with Crippen LogP contribution in [-0.4, -0.2) is 63.6 Å². The van der Waals surface area contributed by atoms with Crippen LogP contribution in [-0.2, 0) is 4.79 Å². The van der Waals surface area contributed by atoms with Gasteiger partial charge in [0.1, 0.15) is 0 Å². The second-order valence-corrected chi connectivity index (χ2v) is 4.57. The first-order chi connectivity index (χ1) is 8.43. The van der Waals surface area contributed by atoms with Gasteiger partial charge in [0.05, 0.1) is 31.7 Å². The quantitative estimate of drug-likeness (QED) is 0.526. The minimum Gasteiger partial charge on any atom is -0.481 e. The minimum atomic E-state index is -0.963. The molecule has 2 amide bonds. The van der Waals surface area contributed by atoms with E-state index in [1.165, 1.54) is 4.90 Å². The van der Waals surface area contributed by atoms with E-state index in [2.05, 4.69) is 5.32 Å². The maximum Gasteiger partial charge on any atom is 0.317 e. The highest BCUT2D eigenvalue weighted by atomic mass is 16.4. The van der Waals surface area contributed by atoms with Crippen molar-refractivity contribution in [1.29, 1.82) is 0 Å². The Labute approximate surface area is 105 Å². The molecule has 3 unspecified atom stereocenters. The fraction of sp³-hybridized carbons (Fsp3) is 0.818. The van der Waals surface area contributed by atoms with Crippen LogP contribution in [0.2, 0.25) is 0 Å². The van der Waals surface area contributed by atoms with E-state index >= 15 is 0 Å². The number of rotatable bonds is 5. The molecule has 1 saturated heterocycles. The van der Waals surface area contributed by atoms with Gasteiger partial charge in [-0.25, -0.2) is 4.79 Å². The number of carboxylic acids is 1. The van der Waals surface area contributed by atoms with Gasteiger partial charge in [-0.2, -0.15) is 0 Å². The van der Waals surface area contributed by atoms with Gasteiger partial charge in [-0.1, -0.05) is 13.3 Å². The molecule has 0 spiro atoms. The van der Waals surface area contributed by atoms with E-state index in [9.17, 15) is 19.8 Å². The highest BCUT2D eigenvalue weighted by Crippen LogP contribution is 2.11. The molecule has 1 aliphatic rings. The van der Waals surface area contributed by atoms with Crippen molar-refractivity contribution in [3.8, 4) is 0 Å². The second-order valence-electron chi connectivity index (χ2n) is 4.57. The Morgan fingerprint density at radius 2 is 1.89 bits per heavy atom. The number of likely N-dealkylation sites (tertiary alicyclic amines) is 1. The number of carboxylic acid groups (broad SMARTS) is 1. The molecule has 0 saturated carbocycles. The molecule has 104 valence electrons. The Bertz CT molecular complexity index is 300. The lowest BCUT2D eigenvalue weighted by Crippen LogP contribution is -2.45. The van der Waals surface area contributed by atoms with Crippen molar-refractivity contribution in [2.45, 2.75) is 44.4 Å². The van der Waals surface area contributed by atoms with Crippen LogP contribution in [0.25, 0.3) is 0 Å². The second kappa shape index (κ2) is 6.55. The maximum absolute atomic E-state index is 11.8. The summed E-state index contributed by atoms with van der Waals surface area (Å²) in [4.78, 5) is 23.7. The number of nitrogens with one attached hydrogen (secondary N) is 1. The standard InChI is InChI=1S/C11H20N2O5/c1-2-3-7(4-10(16)17)12-11(18)13-5-8(14)9(15)6-13/h7-9,14-15H,2-6H2,1H3,(H,12,18)(H,16,17). The molecule has 18 heavy (non-hydrogen) atoms. The van der Waals surface area contributed by atoms with Gasteiger partial charge in [0.25, 0.3) is 0 Å². The first-order valence-corrected chi connectivity index (χ1v) is 6.07. The van der Waals surface area contributed by atoms with E-state index in [0.717, 1.165) is 6.42 Å². The molecule has 1 rings (SSSR count). The average Bonchev–Trinajstić information content (AvgIpc) is 2.58. The van der Waals surface area contributed by atoms with E-state index in [0.29, 0.717) is 6.42 Å². The first-order valence-electron chi connectivity index (χ1n) is 6.07. The summed E-state index contributed by atoms with van der Waals surface area (Å²) in [6, 6.07) is -0.861. The largest absolute Gasteiger partial charge is 0.481 e. The maximum atomic E-state index is 11.8. The van der Waals surface area contributed by atoms with E-state index in [4.69, 9.17) is 5.11 Å². The zero-order chi connectivity index (χ0) is 13.7. The number of aliphatic hydroxyl groups is 2. The summed E-state index contributed by atoms with van der Waals surface area (Å²) in [7, 11) is 0. The summed E-state index contributed by atoms with van der Waals surface area (Å²) >= 11 is 0. The van der Waals surface area contributed by atoms with Crippen molar-refractivity contribution < 1.29 is 24.9 Å². The summed E-state index contributed by atoms with van der Waals surface area (Å²) in [5.41, 5.74) is 0. The molecular formula is C11H20N2O5. The predicted octanol–water partition coefficient (Wildman–Crippen LogP) is -0.623. The van der Waals surface area contributed by atoms with E-state index in [1.807, 2.05) is 6.92 Å². The van der Waals surface area contributed by atoms with Gasteiger partial charge >= 0.3 is 12.0 Å². The molecule has 3 atom stereocenters. The number of urea groups is 1. The highest BCUT2D eigenvalue weighted by Gasteiger charge is 2.33. The first kappa shape index (κ1) is 14.7. The van der Waals surface area contributed by atoms with Gasteiger partial charge in [0, 0.05) is 6.04 Å². The number of carbonyl (C=O) groups excluding carboxylic acids is 1. The van der Waals surface area contributed by atoms with Crippen LogP contribution in [0.1, 0.15) is 26.2 Å². The smallest absolute Gasteiger partial charge is 0.317 e. The lowest BCUT2D eigenvalue weighted by atomic mass is 10.1. The molecule has 0 bridgehead atoms. The lowest BCUT2D eigenvalue weighted by Gasteiger charge is -2.21. The Morgan fingerprint density at radius 1 is 1.33 bits per heavy atom. The van der Waals surface area contributed by atoms with Crippen molar-refractivity contribution in [1.82, 2.24) is 10.2 Å². The topological polar surface area (TPSA) is 110 Å². The Morgan fingerprint density at radius 3 is 2.33 bits per heavy atom. The molecule has 0 aromatic rings. The molecule has 1 heterocycles.